The number of nitrogen functional groups attached to an aromatic ring is 1. The molecule has 4 N–H and O–H groups in total. The molecule has 0 bridgehead atoms. The number of hydrogen-bond acceptors (Lipinski definition) is 5. The molecule has 1 aliphatic rings. The molecule has 0 saturated heterocycles. The van der Waals surface area contributed by atoms with Crippen molar-refractivity contribution in [2.75, 3.05) is 24.1 Å². The van der Waals surface area contributed by atoms with Gasteiger partial charge in [-0.05, 0) is 37.2 Å². The van der Waals surface area contributed by atoms with Crippen LogP contribution in [0.25, 0.3) is 0 Å². The summed E-state index contributed by atoms with van der Waals surface area (Å²) in [7, 11) is 0. The van der Waals surface area contributed by atoms with Gasteiger partial charge in [0.2, 0.25) is 5.95 Å². The van der Waals surface area contributed by atoms with E-state index in [4.69, 9.17) is 5.73 Å². The first-order valence-electron chi connectivity index (χ1n) is 6.61. The average molecular weight is 334 g/mol. The summed E-state index contributed by atoms with van der Waals surface area (Å²) in [6, 6.07) is 7.88. The second kappa shape index (κ2) is 5.76. The predicted octanol–water partition coefficient (Wildman–Crippen LogP) is 2.25. The molecule has 0 fully saturated rings. The van der Waals surface area contributed by atoms with Gasteiger partial charge in [0.1, 0.15) is 5.82 Å². The number of nitrogens with zero attached hydrogens (tertiary/aromatic N) is 2. The molecule has 1 aromatic carbocycles. The SMILES string of the molecule is Nc1nc(Nc2ccc(Br)cc2)nc2c1CCNCC2. The number of hydrogen-bond donors (Lipinski definition) is 3. The molecule has 0 amide bonds. The van der Waals surface area contributed by atoms with Gasteiger partial charge in [0.25, 0.3) is 0 Å². The fourth-order valence-corrected chi connectivity index (χ4v) is 2.56. The Morgan fingerprint density at radius 1 is 1.10 bits per heavy atom. The summed E-state index contributed by atoms with van der Waals surface area (Å²) >= 11 is 3.41. The van der Waals surface area contributed by atoms with Crippen LogP contribution in [0.1, 0.15) is 11.3 Å². The monoisotopic (exact) mass is 333 g/mol. The van der Waals surface area contributed by atoms with Crippen molar-refractivity contribution in [2.24, 2.45) is 0 Å². The molecule has 1 aromatic heterocycles. The fourth-order valence-electron chi connectivity index (χ4n) is 2.29. The van der Waals surface area contributed by atoms with Crippen molar-refractivity contribution in [3.05, 3.63) is 40.0 Å². The molecule has 0 saturated carbocycles. The van der Waals surface area contributed by atoms with E-state index in [0.717, 1.165) is 47.3 Å². The van der Waals surface area contributed by atoms with Gasteiger partial charge < -0.3 is 16.4 Å². The number of anilines is 3. The highest BCUT2D eigenvalue weighted by Crippen LogP contribution is 2.22. The van der Waals surface area contributed by atoms with Crippen molar-refractivity contribution in [3.8, 4) is 0 Å². The third-order valence-corrected chi connectivity index (χ3v) is 3.84. The van der Waals surface area contributed by atoms with Crippen molar-refractivity contribution >= 4 is 33.4 Å². The maximum absolute atomic E-state index is 6.06. The Morgan fingerprint density at radius 3 is 2.65 bits per heavy atom. The van der Waals surface area contributed by atoms with Crippen LogP contribution >= 0.6 is 15.9 Å². The number of rotatable bonds is 2. The van der Waals surface area contributed by atoms with Gasteiger partial charge >= 0.3 is 0 Å². The number of halogens is 1. The molecule has 2 aromatic rings. The van der Waals surface area contributed by atoms with Crippen molar-refractivity contribution in [1.29, 1.82) is 0 Å². The zero-order chi connectivity index (χ0) is 13.9. The van der Waals surface area contributed by atoms with Gasteiger partial charge in [-0.3, -0.25) is 0 Å². The summed E-state index contributed by atoms with van der Waals surface area (Å²) in [4.78, 5) is 8.96. The lowest BCUT2D eigenvalue weighted by atomic mass is 10.1. The molecule has 5 nitrogen and oxygen atoms in total. The van der Waals surface area contributed by atoms with Crippen LogP contribution in [0.3, 0.4) is 0 Å². The lowest BCUT2D eigenvalue weighted by molar-refractivity contribution is 0.708. The summed E-state index contributed by atoms with van der Waals surface area (Å²) in [6.07, 6.45) is 1.77. The third kappa shape index (κ3) is 2.91. The van der Waals surface area contributed by atoms with Crippen LogP contribution < -0.4 is 16.4 Å². The predicted molar refractivity (Wildman–Crippen MR) is 84.1 cm³/mol. The fraction of sp³-hybridized carbons (Fsp3) is 0.286. The van der Waals surface area contributed by atoms with Gasteiger partial charge in [-0.15, -0.1) is 0 Å². The Kier molecular flexibility index (Phi) is 3.84. The molecule has 0 aliphatic carbocycles. The minimum atomic E-state index is 0.561. The van der Waals surface area contributed by atoms with Crippen LogP contribution in [-0.4, -0.2) is 23.1 Å². The summed E-state index contributed by atoms with van der Waals surface area (Å²) in [5.74, 6) is 1.14. The highest BCUT2D eigenvalue weighted by molar-refractivity contribution is 9.10. The molecular weight excluding hydrogens is 318 g/mol. The Balaban J connectivity index is 1.89. The highest BCUT2D eigenvalue weighted by atomic mass is 79.9. The number of benzene rings is 1. The topological polar surface area (TPSA) is 75.9 Å². The lowest BCUT2D eigenvalue weighted by Crippen LogP contribution is -2.16. The largest absolute Gasteiger partial charge is 0.383 e. The molecule has 3 rings (SSSR count). The molecule has 2 heterocycles. The van der Waals surface area contributed by atoms with E-state index in [2.05, 4.69) is 36.5 Å². The molecule has 104 valence electrons. The van der Waals surface area contributed by atoms with E-state index in [1.165, 1.54) is 0 Å². The minimum absolute atomic E-state index is 0.561. The summed E-state index contributed by atoms with van der Waals surface area (Å²) in [5.41, 5.74) is 9.13. The first kappa shape index (κ1) is 13.3. The van der Waals surface area contributed by atoms with Crippen LogP contribution in [0.5, 0.6) is 0 Å². The Labute approximate surface area is 126 Å². The van der Waals surface area contributed by atoms with Crippen molar-refractivity contribution in [2.45, 2.75) is 12.8 Å². The summed E-state index contributed by atoms with van der Waals surface area (Å²) in [6.45, 7) is 1.86. The number of nitrogens with two attached hydrogens (primary N) is 1. The van der Waals surface area contributed by atoms with E-state index < -0.39 is 0 Å². The maximum Gasteiger partial charge on any atom is 0.229 e. The number of aromatic nitrogens is 2. The molecular formula is C14H16BrN5. The second-order valence-electron chi connectivity index (χ2n) is 4.74. The van der Waals surface area contributed by atoms with Crippen LogP contribution in [0.2, 0.25) is 0 Å². The van der Waals surface area contributed by atoms with Gasteiger partial charge in [0.15, 0.2) is 0 Å². The number of fused-ring (bicyclic) bond motifs is 1. The first-order chi connectivity index (χ1) is 9.72. The lowest BCUT2D eigenvalue weighted by Gasteiger charge is -2.11. The zero-order valence-electron chi connectivity index (χ0n) is 11.0. The van der Waals surface area contributed by atoms with Gasteiger partial charge in [0.05, 0.1) is 5.69 Å². The maximum atomic E-state index is 6.06. The Morgan fingerprint density at radius 2 is 1.85 bits per heavy atom. The smallest absolute Gasteiger partial charge is 0.229 e. The van der Waals surface area contributed by atoms with Gasteiger partial charge in [0, 0.05) is 28.7 Å². The van der Waals surface area contributed by atoms with Crippen LogP contribution in [0, 0.1) is 0 Å². The van der Waals surface area contributed by atoms with E-state index in [1.807, 2.05) is 24.3 Å². The van der Waals surface area contributed by atoms with Crippen LogP contribution in [0.4, 0.5) is 17.5 Å². The molecule has 6 heteroatoms. The zero-order valence-corrected chi connectivity index (χ0v) is 12.6. The molecule has 0 spiro atoms. The van der Waals surface area contributed by atoms with Crippen molar-refractivity contribution < 1.29 is 0 Å². The van der Waals surface area contributed by atoms with Crippen LogP contribution in [-0.2, 0) is 12.8 Å². The summed E-state index contributed by atoms with van der Waals surface area (Å²) in [5, 5.41) is 6.55. The molecule has 1 aliphatic heterocycles. The van der Waals surface area contributed by atoms with Gasteiger partial charge in [-0.2, -0.15) is 4.98 Å². The second-order valence-corrected chi connectivity index (χ2v) is 5.66. The van der Waals surface area contributed by atoms with Gasteiger partial charge in [-0.1, -0.05) is 15.9 Å². The highest BCUT2D eigenvalue weighted by Gasteiger charge is 2.14. The Bertz CT molecular complexity index is 612. The first-order valence-corrected chi connectivity index (χ1v) is 7.40. The van der Waals surface area contributed by atoms with Gasteiger partial charge in [-0.25, -0.2) is 4.98 Å². The number of nitrogens with one attached hydrogen (secondary N) is 2. The van der Waals surface area contributed by atoms with Crippen molar-refractivity contribution in [3.63, 3.8) is 0 Å². The van der Waals surface area contributed by atoms with E-state index in [9.17, 15) is 0 Å². The third-order valence-electron chi connectivity index (χ3n) is 3.32. The standard InChI is InChI=1S/C14H16BrN5/c15-9-1-3-10(4-2-9)18-14-19-12-6-8-17-7-5-11(12)13(16)20-14/h1-4,17H,5-8H2,(H3,16,18,19,20). The minimum Gasteiger partial charge on any atom is -0.383 e. The molecule has 0 radical (unpaired) electrons. The van der Waals surface area contributed by atoms with Crippen molar-refractivity contribution in [1.82, 2.24) is 15.3 Å². The normalized spacial score (nSPS) is 14.4. The van der Waals surface area contributed by atoms with Crippen LogP contribution in [0.15, 0.2) is 28.7 Å². The quantitative estimate of drug-likeness (QED) is 0.785. The van der Waals surface area contributed by atoms with E-state index >= 15 is 0 Å². The van der Waals surface area contributed by atoms with E-state index in [1.54, 1.807) is 0 Å². The Hall–Kier alpha value is -1.66. The molecule has 0 unspecified atom stereocenters. The molecule has 0 atom stereocenters. The van der Waals surface area contributed by atoms with E-state index in [-0.39, 0.29) is 0 Å². The summed E-state index contributed by atoms with van der Waals surface area (Å²) < 4.78 is 1.04. The average Bonchev–Trinajstić information content (AvgIpc) is 2.67. The molecule has 20 heavy (non-hydrogen) atoms. The van der Waals surface area contributed by atoms with E-state index in [0.29, 0.717) is 11.8 Å².